The third-order valence-electron chi connectivity index (χ3n) is 4.40. The zero-order valence-corrected chi connectivity index (χ0v) is 20.3. The highest BCUT2D eigenvalue weighted by Gasteiger charge is 2.27. The zero-order valence-electron chi connectivity index (χ0n) is 17.9. The fourth-order valence-corrected chi connectivity index (χ4v) is 5.94. The smallest absolute Gasteiger partial charge is 0.243 e. The van der Waals surface area contributed by atoms with E-state index in [1.165, 1.54) is 34.8 Å². The number of halogens is 1. The van der Waals surface area contributed by atoms with Crippen molar-refractivity contribution in [2.24, 2.45) is 0 Å². The molecule has 0 unspecified atom stereocenters. The van der Waals surface area contributed by atoms with E-state index in [9.17, 15) is 16.8 Å². The molecule has 0 bridgehead atoms. The molecule has 3 rings (SSSR count). The standard InChI is InChI=1S/C22H25ClN2O5S2/c1-22(2,3)24-31(26,27)20-10-12-21(13-11-20)32(28,29)25(16-19-5-4-14-30-19)15-17-6-8-18(23)9-7-17/h4-14,24H,15-16H2,1-3H3. The van der Waals surface area contributed by atoms with Crippen LogP contribution < -0.4 is 4.72 Å². The average molecular weight is 497 g/mol. The van der Waals surface area contributed by atoms with Crippen molar-refractivity contribution in [3.63, 3.8) is 0 Å². The molecule has 3 aromatic rings. The molecule has 1 aromatic heterocycles. The SMILES string of the molecule is CC(C)(C)NS(=O)(=O)c1ccc(S(=O)(=O)N(Cc2ccc(Cl)cc2)Cc2ccco2)cc1. The molecule has 0 aliphatic carbocycles. The van der Waals surface area contributed by atoms with Crippen molar-refractivity contribution >= 4 is 31.6 Å². The van der Waals surface area contributed by atoms with Crippen molar-refractivity contribution in [3.8, 4) is 0 Å². The van der Waals surface area contributed by atoms with Crippen molar-refractivity contribution in [2.75, 3.05) is 0 Å². The maximum Gasteiger partial charge on any atom is 0.243 e. The molecule has 0 aliphatic rings. The normalized spacial score (nSPS) is 12.9. The minimum absolute atomic E-state index is 0.0124. The van der Waals surface area contributed by atoms with Gasteiger partial charge < -0.3 is 4.42 Å². The van der Waals surface area contributed by atoms with E-state index in [1.807, 2.05) is 0 Å². The molecule has 0 fully saturated rings. The van der Waals surface area contributed by atoms with Gasteiger partial charge in [0.25, 0.3) is 0 Å². The first-order chi connectivity index (χ1) is 14.9. The van der Waals surface area contributed by atoms with E-state index >= 15 is 0 Å². The Morgan fingerprint density at radius 1 is 0.875 bits per heavy atom. The fourth-order valence-electron chi connectivity index (χ4n) is 3.00. The summed E-state index contributed by atoms with van der Waals surface area (Å²) in [5, 5.41) is 0.551. The molecule has 2 aromatic carbocycles. The molecular weight excluding hydrogens is 472 g/mol. The van der Waals surface area contributed by atoms with Gasteiger partial charge in [0.2, 0.25) is 20.0 Å². The van der Waals surface area contributed by atoms with Crippen LogP contribution in [0.25, 0.3) is 0 Å². The molecule has 7 nitrogen and oxygen atoms in total. The van der Waals surface area contributed by atoms with Crippen LogP contribution in [-0.2, 0) is 33.1 Å². The Kier molecular flexibility index (Phi) is 7.16. The van der Waals surface area contributed by atoms with Crippen molar-refractivity contribution < 1.29 is 21.3 Å². The van der Waals surface area contributed by atoms with Gasteiger partial charge in [0, 0.05) is 17.1 Å². The van der Waals surface area contributed by atoms with Crippen LogP contribution in [0.1, 0.15) is 32.1 Å². The molecule has 0 atom stereocenters. The molecule has 10 heteroatoms. The monoisotopic (exact) mass is 496 g/mol. The van der Waals surface area contributed by atoms with Gasteiger partial charge in [-0.2, -0.15) is 4.31 Å². The predicted octanol–water partition coefficient (Wildman–Crippen LogP) is 4.40. The maximum absolute atomic E-state index is 13.4. The number of rotatable bonds is 8. The van der Waals surface area contributed by atoms with E-state index in [0.29, 0.717) is 10.8 Å². The molecule has 0 saturated carbocycles. The van der Waals surface area contributed by atoms with E-state index < -0.39 is 25.6 Å². The number of hydrogen-bond acceptors (Lipinski definition) is 5. The van der Waals surface area contributed by atoms with Crippen LogP contribution in [0.5, 0.6) is 0 Å². The summed E-state index contributed by atoms with van der Waals surface area (Å²) in [5.74, 6) is 0.483. The van der Waals surface area contributed by atoms with Gasteiger partial charge in [0.05, 0.1) is 22.6 Å². The van der Waals surface area contributed by atoms with Gasteiger partial charge >= 0.3 is 0 Å². The lowest BCUT2D eigenvalue weighted by Gasteiger charge is -2.22. The van der Waals surface area contributed by atoms with Crippen molar-refractivity contribution in [1.82, 2.24) is 9.03 Å². The Balaban J connectivity index is 1.92. The first kappa shape index (κ1) is 24.5. The van der Waals surface area contributed by atoms with Crippen molar-refractivity contribution in [1.29, 1.82) is 0 Å². The van der Waals surface area contributed by atoms with Gasteiger partial charge in [0.15, 0.2) is 0 Å². The highest BCUT2D eigenvalue weighted by Crippen LogP contribution is 2.24. The molecule has 0 amide bonds. The lowest BCUT2D eigenvalue weighted by molar-refractivity contribution is 0.358. The van der Waals surface area contributed by atoms with Gasteiger partial charge in [-0.15, -0.1) is 0 Å². The second-order valence-electron chi connectivity index (χ2n) is 8.31. The molecule has 0 saturated heterocycles. The van der Waals surface area contributed by atoms with E-state index in [1.54, 1.807) is 57.2 Å². The molecule has 0 radical (unpaired) electrons. The van der Waals surface area contributed by atoms with E-state index in [4.69, 9.17) is 16.0 Å². The van der Waals surface area contributed by atoms with E-state index in [2.05, 4.69) is 4.72 Å². The van der Waals surface area contributed by atoms with Gasteiger partial charge in [-0.3, -0.25) is 0 Å². The summed E-state index contributed by atoms with van der Waals surface area (Å²) < 4.78 is 61.0. The lowest BCUT2D eigenvalue weighted by Crippen LogP contribution is -2.40. The number of sulfonamides is 2. The van der Waals surface area contributed by atoms with E-state index in [0.717, 1.165) is 5.56 Å². The lowest BCUT2D eigenvalue weighted by atomic mass is 10.1. The van der Waals surface area contributed by atoms with Crippen LogP contribution in [-0.4, -0.2) is 26.7 Å². The minimum atomic E-state index is -3.96. The molecule has 172 valence electrons. The summed E-state index contributed by atoms with van der Waals surface area (Å²) in [6.45, 7) is 5.29. The average Bonchev–Trinajstić information content (AvgIpc) is 3.20. The van der Waals surface area contributed by atoms with Gasteiger partial charge in [-0.25, -0.2) is 21.6 Å². The summed E-state index contributed by atoms with van der Waals surface area (Å²) in [4.78, 5) is -0.0330. The molecule has 1 N–H and O–H groups in total. The number of benzene rings is 2. The third kappa shape index (κ3) is 6.20. The highest BCUT2D eigenvalue weighted by atomic mass is 35.5. The van der Waals surface area contributed by atoms with E-state index in [-0.39, 0.29) is 22.9 Å². The molecular formula is C22H25ClN2O5S2. The number of hydrogen-bond donors (Lipinski definition) is 1. The van der Waals surface area contributed by atoms with Gasteiger partial charge in [-0.05, 0) is 74.9 Å². The zero-order chi connectivity index (χ0) is 23.6. The molecule has 0 aliphatic heterocycles. The molecule has 32 heavy (non-hydrogen) atoms. The van der Waals surface area contributed by atoms with Crippen molar-refractivity contribution in [2.45, 2.75) is 49.2 Å². The predicted molar refractivity (Wildman–Crippen MR) is 123 cm³/mol. The molecule has 0 spiro atoms. The minimum Gasteiger partial charge on any atom is -0.468 e. The van der Waals surface area contributed by atoms with Crippen LogP contribution >= 0.6 is 11.6 Å². The second-order valence-corrected chi connectivity index (χ2v) is 12.4. The Hall–Kier alpha value is -2.17. The summed E-state index contributed by atoms with van der Waals surface area (Å²) >= 11 is 5.94. The Labute approximate surface area is 194 Å². The largest absolute Gasteiger partial charge is 0.468 e. The fraction of sp³-hybridized carbons (Fsp3) is 0.273. The van der Waals surface area contributed by atoms with Crippen LogP contribution in [0.4, 0.5) is 0 Å². The Morgan fingerprint density at radius 3 is 2.00 bits per heavy atom. The number of nitrogens with zero attached hydrogens (tertiary/aromatic N) is 1. The van der Waals surface area contributed by atoms with Crippen LogP contribution in [0, 0.1) is 0 Å². The Bertz CT molecular complexity index is 1250. The van der Waals surface area contributed by atoms with Crippen LogP contribution in [0.3, 0.4) is 0 Å². The number of nitrogens with one attached hydrogen (secondary N) is 1. The van der Waals surface area contributed by atoms with Gasteiger partial charge in [-0.1, -0.05) is 23.7 Å². The maximum atomic E-state index is 13.4. The second kappa shape index (κ2) is 9.36. The topological polar surface area (TPSA) is 96.7 Å². The summed E-state index contributed by atoms with van der Waals surface area (Å²) in [7, 11) is -7.74. The third-order valence-corrected chi connectivity index (χ3v) is 8.23. The molecule has 1 heterocycles. The first-order valence-corrected chi connectivity index (χ1v) is 13.1. The summed E-state index contributed by atoms with van der Waals surface area (Å²) in [6.07, 6.45) is 1.48. The van der Waals surface area contributed by atoms with Crippen molar-refractivity contribution in [3.05, 3.63) is 83.3 Å². The van der Waals surface area contributed by atoms with Crippen LogP contribution in [0.2, 0.25) is 5.02 Å². The highest BCUT2D eigenvalue weighted by molar-refractivity contribution is 7.89. The summed E-state index contributed by atoms with van der Waals surface area (Å²) in [6, 6.07) is 15.4. The summed E-state index contributed by atoms with van der Waals surface area (Å²) in [5.41, 5.74) is 0.0836. The quantitative estimate of drug-likeness (QED) is 0.498. The van der Waals surface area contributed by atoms with Gasteiger partial charge in [0.1, 0.15) is 5.76 Å². The first-order valence-electron chi connectivity index (χ1n) is 9.78. The Morgan fingerprint density at radius 2 is 1.47 bits per heavy atom. The van der Waals surface area contributed by atoms with Crippen LogP contribution in [0.15, 0.2) is 81.1 Å². The number of furan rings is 1.